The molecular weight excluding hydrogens is 507 g/mol. The Morgan fingerprint density at radius 1 is 0.974 bits per heavy atom. The molecule has 39 heavy (non-hydrogen) atoms. The average molecular weight is 538 g/mol. The maximum Gasteiger partial charge on any atom is 0.390 e. The van der Waals surface area contributed by atoms with Crippen LogP contribution in [0, 0.1) is 6.92 Å². The molecule has 1 aliphatic heterocycles. The summed E-state index contributed by atoms with van der Waals surface area (Å²) in [4.78, 5) is 21.4. The zero-order valence-electron chi connectivity index (χ0n) is 21.9. The van der Waals surface area contributed by atoms with Crippen LogP contribution in [-0.2, 0) is 4.74 Å². The molecule has 1 fully saturated rings. The number of rotatable bonds is 7. The lowest BCUT2D eigenvalue weighted by atomic mass is 10.0. The van der Waals surface area contributed by atoms with E-state index in [2.05, 4.69) is 9.88 Å². The Morgan fingerprint density at radius 3 is 2.31 bits per heavy atom. The second-order valence-electron chi connectivity index (χ2n) is 9.55. The van der Waals surface area contributed by atoms with Gasteiger partial charge in [0.15, 0.2) is 11.3 Å². The molecule has 10 heteroatoms. The molecule has 2 aromatic heterocycles. The Hall–Kier alpha value is -3.92. The third-order valence-corrected chi connectivity index (χ3v) is 6.93. The lowest BCUT2D eigenvalue weighted by molar-refractivity contribution is -0.138. The van der Waals surface area contributed by atoms with Gasteiger partial charge in [0, 0.05) is 38.4 Å². The summed E-state index contributed by atoms with van der Waals surface area (Å²) < 4.78 is 44.7. The minimum absolute atomic E-state index is 0.0349. The first-order chi connectivity index (χ1) is 18.7. The van der Waals surface area contributed by atoms with Gasteiger partial charge in [0.1, 0.15) is 0 Å². The minimum atomic E-state index is -4.13. The highest BCUT2D eigenvalue weighted by Gasteiger charge is 2.29. The number of piperazine rings is 1. The molecule has 1 aliphatic rings. The number of pyridine rings is 1. The Kier molecular flexibility index (Phi) is 7.56. The van der Waals surface area contributed by atoms with E-state index in [0.717, 1.165) is 33.6 Å². The molecule has 0 amide bonds. The van der Waals surface area contributed by atoms with Crippen LogP contribution in [0.25, 0.3) is 27.8 Å². The molecular formula is C29H30F3N5O2. The van der Waals surface area contributed by atoms with Crippen molar-refractivity contribution in [3.05, 3.63) is 72.1 Å². The Bertz CT molecular complexity index is 1440. The molecule has 0 atom stereocenters. The van der Waals surface area contributed by atoms with Gasteiger partial charge in [-0.3, -0.25) is 4.90 Å². The van der Waals surface area contributed by atoms with Gasteiger partial charge in [-0.2, -0.15) is 18.3 Å². The number of esters is 1. The average Bonchev–Trinajstić information content (AvgIpc) is 3.28. The van der Waals surface area contributed by atoms with E-state index in [4.69, 9.17) is 9.84 Å². The number of carbonyl (C=O) groups excluding carboxylic acids is 1. The van der Waals surface area contributed by atoms with Crippen LogP contribution in [0.2, 0.25) is 0 Å². The van der Waals surface area contributed by atoms with Gasteiger partial charge in [-0.1, -0.05) is 30.3 Å². The van der Waals surface area contributed by atoms with Crippen molar-refractivity contribution in [3.8, 4) is 16.8 Å². The number of nitrogens with zero attached hydrogens (tertiary/aromatic N) is 5. The maximum absolute atomic E-state index is 12.7. The number of hydrogen-bond acceptors (Lipinski definition) is 6. The highest BCUT2D eigenvalue weighted by molar-refractivity contribution is 6.00. The van der Waals surface area contributed by atoms with Crippen molar-refractivity contribution in [2.24, 2.45) is 0 Å². The van der Waals surface area contributed by atoms with Gasteiger partial charge in [0.05, 0.1) is 29.8 Å². The van der Waals surface area contributed by atoms with Crippen molar-refractivity contribution >= 4 is 22.7 Å². The van der Waals surface area contributed by atoms with E-state index in [1.807, 2.05) is 66.4 Å². The van der Waals surface area contributed by atoms with Gasteiger partial charge in [0.2, 0.25) is 0 Å². The van der Waals surface area contributed by atoms with E-state index in [0.29, 0.717) is 31.8 Å². The third kappa shape index (κ3) is 5.90. The number of ether oxygens (including phenoxy) is 1. The molecule has 2 aromatic carbocycles. The fourth-order valence-electron chi connectivity index (χ4n) is 4.94. The summed E-state index contributed by atoms with van der Waals surface area (Å²) in [5, 5.41) is 5.58. The summed E-state index contributed by atoms with van der Waals surface area (Å²) in [6, 6.07) is 19.4. The predicted octanol–water partition coefficient (Wildman–Crippen LogP) is 5.65. The summed E-state index contributed by atoms with van der Waals surface area (Å²) in [6.45, 7) is 6.44. The standard InChI is InChI=1S/C29H30F3N5O2/c1-3-39-28(38)25-19-24(26-20(2)34-37(27(26)33-25)23-7-5-4-6-8-23)21-9-11-22(12-10-21)36-17-15-35(16-18-36)14-13-29(30,31)32/h4-12,19H,3,13-18H2,1-2H3. The van der Waals surface area contributed by atoms with Crippen molar-refractivity contribution in [3.63, 3.8) is 0 Å². The topological polar surface area (TPSA) is 63.5 Å². The number of fused-ring (bicyclic) bond motifs is 1. The van der Waals surface area contributed by atoms with E-state index in [1.165, 1.54) is 0 Å². The zero-order valence-corrected chi connectivity index (χ0v) is 21.9. The molecule has 0 unspecified atom stereocenters. The normalized spacial score (nSPS) is 14.6. The predicted molar refractivity (Wildman–Crippen MR) is 144 cm³/mol. The Labute approximate surface area is 224 Å². The molecule has 7 nitrogen and oxygen atoms in total. The summed E-state index contributed by atoms with van der Waals surface area (Å²) in [5.74, 6) is -0.501. The fourth-order valence-corrected chi connectivity index (χ4v) is 4.94. The first kappa shape index (κ1) is 26.7. The van der Waals surface area contributed by atoms with Gasteiger partial charge in [0.25, 0.3) is 0 Å². The SMILES string of the molecule is CCOC(=O)c1cc(-c2ccc(N3CCN(CCC(F)(F)F)CC3)cc2)c2c(C)nn(-c3ccccc3)c2n1. The van der Waals surface area contributed by atoms with Gasteiger partial charge in [-0.15, -0.1) is 0 Å². The van der Waals surface area contributed by atoms with Crippen LogP contribution in [-0.4, -0.2) is 71.1 Å². The molecule has 3 heterocycles. The number of carbonyl (C=O) groups is 1. The molecule has 5 rings (SSSR count). The summed E-state index contributed by atoms with van der Waals surface area (Å²) in [7, 11) is 0. The maximum atomic E-state index is 12.7. The quantitative estimate of drug-likeness (QED) is 0.284. The second-order valence-corrected chi connectivity index (χ2v) is 9.55. The van der Waals surface area contributed by atoms with Crippen LogP contribution in [0.3, 0.4) is 0 Å². The molecule has 1 saturated heterocycles. The number of aromatic nitrogens is 3. The van der Waals surface area contributed by atoms with Crippen molar-refractivity contribution in [1.29, 1.82) is 0 Å². The molecule has 0 spiro atoms. The third-order valence-electron chi connectivity index (χ3n) is 6.93. The second kappa shape index (κ2) is 11.1. The first-order valence-electron chi connectivity index (χ1n) is 13.0. The van der Waals surface area contributed by atoms with Crippen LogP contribution < -0.4 is 4.90 Å². The lowest BCUT2D eigenvalue weighted by Gasteiger charge is -2.36. The van der Waals surface area contributed by atoms with E-state index < -0.39 is 18.6 Å². The van der Waals surface area contributed by atoms with E-state index >= 15 is 0 Å². The molecule has 204 valence electrons. The van der Waals surface area contributed by atoms with Gasteiger partial charge >= 0.3 is 12.1 Å². The Morgan fingerprint density at radius 2 is 1.67 bits per heavy atom. The van der Waals surface area contributed by atoms with Gasteiger partial charge < -0.3 is 9.64 Å². The van der Waals surface area contributed by atoms with Gasteiger partial charge in [-0.25, -0.2) is 14.5 Å². The van der Waals surface area contributed by atoms with Crippen molar-refractivity contribution < 1.29 is 22.7 Å². The first-order valence-corrected chi connectivity index (χ1v) is 13.0. The fraction of sp³-hybridized carbons (Fsp3) is 0.345. The highest BCUT2D eigenvalue weighted by Crippen LogP contribution is 2.34. The molecule has 0 radical (unpaired) electrons. The lowest BCUT2D eigenvalue weighted by Crippen LogP contribution is -2.47. The number of hydrogen-bond donors (Lipinski definition) is 0. The van der Waals surface area contributed by atoms with Crippen molar-refractivity contribution in [1.82, 2.24) is 19.7 Å². The van der Waals surface area contributed by atoms with E-state index in [9.17, 15) is 18.0 Å². The number of halogens is 3. The molecule has 0 aliphatic carbocycles. The molecule has 0 saturated carbocycles. The molecule has 4 aromatic rings. The van der Waals surface area contributed by atoms with Crippen LogP contribution in [0.4, 0.5) is 18.9 Å². The van der Waals surface area contributed by atoms with Crippen molar-refractivity contribution in [2.45, 2.75) is 26.4 Å². The van der Waals surface area contributed by atoms with E-state index in [1.54, 1.807) is 17.7 Å². The number of anilines is 1. The van der Waals surface area contributed by atoms with E-state index in [-0.39, 0.29) is 18.8 Å². The highest BCUT2D eigenvalue weighted by atomic mass is 19.4. The smallest absolute Gasteiger partial charge is 0.390 e. The number of benzene rings is 2. The molecule has 0 bridgehead atoms. The minimum Gasteiger partial charge on any atom is -0.461 e. The molecule has 0 N–H and O–H groups in total. The van der Waals surface area contributed by atoms with Crippen molar-refractivity contribution in [2.75, 3.05) is 44.2 Å². The number of para-hydroxylation sites is 1. The van der Waals surface area contributed by atoms with Crippen LogP contribution in [0.5, 0.6) is 0 Å². The van der Waals surface area contributed by atoms with Crippen LogP contribution in [0.15, 0.2) is 60.7 Å². The van der Waals surface area contributed by atoms with Crippen LogP contribution >= 0.6 is 0 Å². The zero-order chi connectivity index (χ0) is 27.6. The number of alkyl halides is 3. The monoisotopic (exact) mass is 537 g/mol. The van der Waals surface area contributed by atoms with Gasteiger partial charge in [-0.05, 0) is 55.3 Å². The summed E-state index contributed by atoms with van der Waals surface area (Å²) in [6.07, 6.45) is -4.91. The Balaban J connectivity index is 1.45. The summed E-state index contributed by atoms with van der Waals surface area (Å²) >= 11 is 0. The van der Waals surface area contributed by atoms with Crippen LogP contribution in [0.1, 0.15) is 29.5 Å². The largest absolute Gasteiger partial charge is 0.461 e. The number of aryl methyl sites for hydroxylation is 1. The summed E-state index contributed by atoms with van der Waals surface area (Å²) in [5.41, 5.74) is 5.11.